The van der Waals surface area contributed by atoms with Crippen LogP contribution in [0.15, 0.2) is 9.05 Å². The average Bonchev–Trinajstić information content (AvgIpc) is 2.72. The number of aromatic nitrogens is 2. The first-order chi connectivity index (χ1) is 7.59. The molecule has 2 aromatic rings. The van der Waals surface area contributed by atoms with Crippen LogP contribution in [0.2, 0.25) is 0 Å². The Balaban J connectivity index is 2.14. The first-order valence-corrected chi connectivity index (χ1v) is 5.43. The molecular weight excluding hydrogens is 204 g/mol. The summed E-state index contributed by atoms with van der Waals surface area (Å²) in [7, 11) is 0. The minimum atomic E-state index is 0.907. The first-order valence-electron chi connectivity index (χ1n) is 5.43. The van der Waals surface area contributed by atoms with Gasteiger partial charge in [0.05, 0.1) is 11.4 Å². The van der Waals surface area contributed by atoms with Crippen LogP contribution < -0.4 is 0 Å². The number of hydrogen-bond acceptors (Lipinski definition) is 4. The summed E-state index contributed by atoms with van der Waals surface area (Å²) in [6.07, 6.45) is 1.84. The van der Waals surface area contributed by atoms with E-state index >= 15 is 0 Å². The Morgan fingerprint density at radius 2 is 1.12 bits per heavy atom. The van der Waals surface area contributed by atoms with Crippen LogP contribution in [0.25, 0.3) is 0 Å². The highest BCUT2D eigenvalue weighted by atomic mass is 16.5. The predicted octanol–water partition coefficient (Wildman–Crippen LogP) is 2.68. The van der Waals surface area contributed by atoms with E-state index in [2.05, 4.69) is 10.3 Å². The van der Waals surface area contributed by atoms with Crippen molar-refractivity contribution in [1.82, 2.24) is 10.3 Å². The van der Waals surface area contributed by atoms with E-state index in [1.54, 1.807) is 0 Å². The molecule has 0 spiro atoms. The third kappa shape index (κ3) is 1.87. The van der Waals surface area contributed by atoms with Gasteiger partial charge in [-0.3, -0.25) is 0 Å². The zero-order chi connectivity index (χ0) is 11.7. The summed E-state index contributed by atoms with van der Waals surface area (Å²) < 4.78 is 10.3. The number of rotatable bonds is 3. The van der Waals surface area contributed by atoms with Crippen molar-refractivity contribution >= 4 is 0 Å². The average molecular weight is 220 g/mol. The summed E-state index contributed by atoms with van der Waals surface area (Å²) in [6, 6.07) is 0. The Labute approximate surface area is 94.6 Å². The summed E-state index contributed by atoms with van der Waals surface area (Å²) in [6.45, 7) is 7.84. The van der Waals surface area contributed by atoms with Crippen LogP contribution in [-0.4, -0.2) is 10.3 Å². The van der Waals surface area contributed by atoms with Gasteiger partial charge in [0, 0.05) is 11.1 Å². The SMILES string of the molecule is Cc1noc(C)c1CCc1c(C)noc1C. The predicted molar refractivity (Wildman–Crippen MR) is 59.4 cm³/mol. The Kier molecular flexibility index (Phi) is 2.81. The van der Waals surface area contributed by atoms with Crippen molar-refractivity contribution in [3.8, 4) is 0 Å². The molecule has 0 N–H and O–H groups in total. The molecule has 0 fully saturated rings. The first kappa shape index (κ1) is 10.9. The Bertz CT molecular complexity index is 412. The molecule has 0 saturated heterocycles. The molecule has 4 heteroatoms. The second-order valence-corrected chi connectivity index (χ2v) is 4.11. The van der Waals surface area contributed by atoms with E-state index in [9.17, 15) is 0 Å². The molecule has 0 bridgehead atoms. The molecule has 2 heterocycles. The molecule has 16 heavy (non-hydrogen) atoms. The topological polar surface area (TPSA) is 52.1 Å². The van der Waals surface area contributed by atoms with Crippen LogP contribution in [0.5, 0.6) is 0 Å². The monoisotopic (exact) mass is 220 g/mol. The van der Waals surface area contributed by atoms with Crippen molar-refractivity contribution in [1.29, 1.82) is 0 Å². The van der Waals surface area contributed by atoms with Gasteiger partial charge in [-0.05, 0) is 40.5 Å². The van der Waals surface area contributed by atoms with Crippen LogP contribution >= 0.6 is 0 Å². The van der Waals surface area contributed by atoms with Gasteiger partial charge in [-0.2, -0.15) is 0 Å². The fraction of sp³-hybridized carbons (Fsp3) is 0.500. The Morgan fingerprint density at radius 3 is 1.38 bits per heavy atom. The molecule has 86 valence electrons. The van der Waals surface area contributed by atoms with Crippen LogP contribution in [0.3, 0.4) is 0 Å². The molecule has 0 unspecified atom stereocenters. The van der Waals surface area contributed by atoms with Crippen LogP contribution in [0, 0.1) is 27.7 Å². The summed E-state index contributed by atoms with van der Waals surface area (Å²) in [5.41, 5.74) is 4.34. The summed E-state index contributed by atoms with van der Waals surface area (Å²) in [5, 5.41) is 7.89. The van der Waals surface area contributed by atoms with Crippen molar-refractivity contribution in [2.45, 2.75) is 40.5 Å². The molecule has 2 rings (SSSR count). The fourth-order valence-electron chi connectivity index (χ4n) is 1.97. The van der Waals surface area contributed by atoms with E-state index in [4.69, 9.17) is 9.05 Å². The van der Waals surface area contributed by atoms with E-state index in [1.807, 2.05) is 27.7 Å². The van der Waals surface area contributed by atoms with E-state index in [-0.39, 0.29) is 0 Å². The van der Waals surface area contributed by atoms with Gasteiger partial charge in [0.15, 0.2) is 0 Å². The summed E-state index contributed by atoms with van der Waals surface area (Å²) >= 11 is 0. The lowest BCUT2D eigenvalue weighted by Crippen LogP contribution is -1.96. The van der Waals surface area contributed by atoms with Gasteiger partial charge in [0.25, 0.3) is 0 Å². The van der Waals surface area contributed by atoms with Gasteiger partial charge in [-0.25, -0.2) is 0 Å². The number of hydrogen-bond donors (Lipinski definition) is 0. The highest BCUT2D eigenvalue weighted by Gasteiger charge is 2.13. The maximum absolute atomic E-state index is 5.14. The van der Waals surface area contributed by atoms with Crippen LogP contribution in [0.4, 0.5) is 0 Å². The third-order valence-electron chi connectivity index (χ3n) is 2.99. The molecule has 0 aliphatic heterocycles. The molecule has 0 aromatic carbocycles. The molecule has 0 saturated carbocycles. The molecule has 4 nitrogen and oxygen atoms in total. The van der Waals surface area contributed by atoms with Gasteiger partial charge < -0.3 is 9.05 Å². The summed E-state index contributed by atoms with van der Waals surface area (Å²) in [5.74, 6) is 1.81. The van der Waals surface area contributed by atoms with Crippen molar-refractivity contribution in [2.75, 3.05) is 0 Å². The lowest BCUT2D eigenvalue weighted by atomic mass is 10.0. The molecule has 2 aromatic heterocycles. The molecule has 0 amide bonds. The van der Waals surface area contributed by atoms with E-state index in [0.717, 1.165) is 35.7 Å². The normalized spacial score (nSPS) is 11.0. The highest BCUT2D eigenvalue weighted by Crippen LogP contribution is 2.19. The largest absolute Gasteiger partial charge is 0.361 e. The smallest absolute Gasteiger partial charge is 0.137 e. The molecule has 0 aliphatic carbocycles. The second kappa shape index (κ2) is 4.12. The lowest BCUT2D eigenvalue weighted by molar-refractivity contribution is 0.391. The quantitative estimate of drug-likeness (QED) is 0.798. The van der Waals surface area contributed by atoms with Gasteiger partial charge in [0.2, 0.25) is 0 Å². The highest BCUT2D eigenvalue weighted by molar-refractivity contribution is 5.26. The molecular formula is C12H16N2O2. The lowest BCUT2D eigenvalue weighted by Gasteiger charge is -2.00. The standard InChI is InChI=1S/C12H16N2O2/c1-7-11(9(3)15-13-7)5-6-12-8(2)14-16-10(12)4/h5-6H2,1-4H3. The summed E-state index contributed by atoms with van der Waals surface area (Å²) in [4.78, 5) is 0. The minimum absolute atomic E-state index is 0.907. The second-order valence-electron chi connectivity index (χ2n) is 4.11. The maximum Gasteiger partial charge on any atom is 0.137 e. The minimum Gasteiger partial charge on any atom is -0.361 e. The van der Waals surface area contributed by atoms with Crippen molar-refractivity contribution < 1.29 is 9.05 Å². The van der Waals surface area contributed by atoms with Gasteiger partial charge >= 0.3 is 0 Å². The van der Waals surface area contributed by atoms with E-state index in [1.165, 1.54) is 11.1 Å². The van der Waals surface area contributed by atoms with Crippen LogP contribution in [-0.2, 0) is 12.8 Å². The molecule has 0 atom stereocenters. The fourth-order valence-corrected chi connectivity index (χ4v) is 1.97. The van der Waals surface area contributed by atoms with Crippen molar-refractivity contribution in [3.63, 3.8) is 0 Å². The van der Waals surface area contributed by atoms with E-state index in [0.29, 0.717) is 0 Å². The van der Waals surface area contributed by atoms with Crippen molar-refractivity contribution in [3.05, 3.63) is 34.0 Å². The zero-order valence-electron chi connectivity index (χ0n) is 10.1. The maximum atomic E-state index is 5.14. The van der Waals surface area contributed by atoms with Gasteiger partial charge in [-0.1, -0.05) is 10.3 Å². The molecule has 0 aliphatic rings. The third-order valence-corrected chi connectivity index (χ3v) is 2.99. The zero-order valence-corrected chi connectivity index (χ0v) is 10.1. The Hall–Kier alpha value is -1.58. The Morgan fingerprint density at radius 1 is 0.750 bits per heavy atom. The van der Waals surface area contributed by atoms with Crippen LogP contribution in [0.1, 0.15) is 34.0 Å². The molecule has 0 radical (unpaired) electrons. The van der Waals surface area contributed by atoms with Gasteiger partial charge in [0.1, 0.15) is 11.5 Å². The van der Waals surface area contributed by atoms with E-state index < -0.39 is 0 Å². The van der Waals surface area contributed by atoms with Crippen molar-refractivity contribution in [2.24, 2.45) is 0 Å². The van der Waals surface area contributed by atoms with Gasteiger partial charge in [-0.15, -0.1) is 0 Å². The number of aryl methyl sites for hydroxylation is 4. The number of nitrogens with zero attached hydrogens (tertiary/aromatic N) is 2.